The number of carbonyl (C=O) groups is 1. The summed E-state index contributed by atoms with van der Waals surface area (Å²) in [5.74, 6) is -0.552. The van der Waals surface area contributed by atoms with Gasteiger partial charge in [-0.3, -0.25) is 0 Å². The van der Waals surface area contributed by atoms with E-state index in [1.165, 1.54) is 12.7 Å². The van der Waals surface area contributed by atoms with E-state index >= 15 is 0 Å². The van der Waals surface area contributed by atoms with E-state index in [1.54, 1.807) is 0 Å². The predicted octanol–water partition coefficient (Wildman–Crippen LogP) is 3.48. The largest absolute Gasteiger partial charge is 0.466 e. The molecule has 2 saturated heterocycles. The molecule has 1 spiro atoms. The Morgan fingerprint density at radius 2 is 2.10 bits per heavy atom. The lowest BCUT2D eigenvalue weighted by Gasteiger charge is -2.45. The van der Waals surface area contributed by atoms with Crippen LogP contribution in [0.3, 0.4) is 0 Å². The third-order valence-electron chi connectivity index (χ3n) is 7.62. The van der Waals surface area contributed by atoms with Crippen LogP contribution >= 0.6 is 0 Å². The maximum absolute atomic E-state index is 12.9. The molecule has 0 radical (unpaired) electrons. The molecule has 3 heterocycles. The van der Waals surface area contributed by atoms with Gasteiger partial charge in [0, 0.05) is 17.4 Å². The highest BCUT2D eigenvalue weighted by molar-refractivity contribution is 5.93. The first kappa shape index (κ1) is 20.0. The molecular weight excluding hydrogens is 380 g/mol. The maximum atomic E-state index is 12.9. The highest BCUT2D eigenvalue weighted by Crippen LogP contribution is 2.58. The number of esters is 1. The molecule has 0 saturated carbocycles. The zero-order chi connectivity index (χ0) is 21.1. The third kappa shape index (κ3) is 2.77. The Labute approximate surface area is 178 Å². The van der Waals surface area contributed by atoms with Crippen molar-refractivity contribution in [1.29, 1.82) is 0 Å². The van der Waals surface area contributed by atoms with Gasteiger partial charge in [-0.2, -0.15) is 0 Å². The van der Waals surface area contributed by atoms with Gasteiger partial charge in [0.25, 0.3) is 0 Å². The quantitative estimate of drug-likeness (QED) is 0.738. The Balaban J connectivity index is 1.59. The van der Waals surface area contributed by atoms with Gasteiger partial charge < -0.3 is 24.8 Å². The highest BCUT2D eigenvalue weighted by atomic mass is 16.8. The number of anilines is 1. The van der Waals surface area contributed by atoms with E-state index in [4.69, 9.17) is 14.2 Å². The van der Waals surface area contributed by atoms with Crippen LogP contribution in [0.25, 0.3) is 0 Å². The molecule has 0 bridgehead atoms. The molecule has 1 aliphatic carbocycles. The number of rotatable bonds is 4. The summed E-state index contributed by atoms with van der Waals surface area (Å²) in [7, 11) is 1.47. The van der Waals surface area contributed by atoms with Gasteiger partial charge in [0.15, 0.2) is 5.79 Å². The molecule has 0 unspecified atom stereocenters. The van der Waals surface area contributed by atoms with Crippen LogP contribution in [0.1, 0.15) is 52.0 Å². The second-order valence-electron chi connectivity index (χ2n) is 9.66. The molecule has 0 amide bonds. The monoisotopic (exact) mass is 412 g/mol. The van der Waals surface area contributed by atoms with E-state index in [2.05, 4.69) is 35.8 Å². The molecule has 6 heteroatoms. The van der Waals surface area contributed by atoms with Gasteiger partial charge >= 0.3 is 5.97 Å². The molecule has 1 aromatic rings. The average Bonchev–Trinajstić information content (AvgIpc) is 3.41. The standard InChI is InChI=1S/C24H32N2O4/c1-5-23(14-29-22(2,3)30-23)13-15-12-16(21(27)28-4)20-24(10-11-25-19(15)24)17-8-6-7-9-18(17)26-20/h6-9,15,19,25-26H,5,10-14H2,1-4H3/t15-,19-,23+,24+/m1/s1. The summed E-state index contributed by atoms with van der Waals surface area (Å²) >= 11 is 0. The van der Waals surface area contributed by atoms with Gasteiger partial charge in [0.05, 0.1) is 30.3 Å². The van der Waals surface area contributed by atoms with E-state index in [1.807, 2.05) is 19.9 Å². The number of methoxy groups -OCH3 is 1. The number of carbonyl (C=O) groups excluding carboxylic acids is 1. The Morgan fingerprint density at radius 3 is 2.80 bits per heavy atom. The fourth-order valence-corrected chi connectivity index (χ4v) is 6.38. The molecule has 3 aliphatic heterocycles. The first-order valence-corrected chi connectivity index (χ1v) is 11.1. The van der Waals surface area contributed by atoms with Crippen LogP contribution in [0.2, 0.25) is 0 Å². The fraction of sp³-hybridized carbons (Fsp3) is 0.625. The smallest absolute Gasteiger partial charge is 0.335 e. The van der Waals surface area contributed by atoms with Crippen LogP contribution in [0.5, 0.6) is 0 Å². The normalized spacial score (nSPS) is 36.1. The molecule has 5 rings (SSSR count). The molecule has 4 aliphatic rings. The Morgan fingerprint density at radius 1 is 1.30 bits per heavy atom. The third-order valence-corrected chi connectivity index (χ3v) is 7.62. The SMILES string of the molecule is CC[C@]1(C[C@H]2CC(C(=O)OC)=C3Nc4ccccc4[C@]34CCN[C@H]24)COC(C)(C)O1. The molecule has 1 aromatic carbocycles. The topological polar surface area (TPSA) is 68.8 Å². The van der Waals surface area contributed by atoms with Crippen molar-refractivity contribution in [1.82, 2.24) is 5.32 Å². The molecule has 2 fully saturated rings. The minimum absolute atomic E-state index is 0.215. The average molecular weight is 413 g/mol. The van der Waals surface area contributed by atoms with Crippen molar-refractivity contribution in [2.45, 2.75) is 69.3 Å². The van der Waals surface area contributed by atoms with Crippen molar-refractivity contribution in [2.24, 2.45) is 5.92 Å². The van der Waals surface area contributed by atoms with Crippen molar-refractivity contribution in [3.05, 3.63) is 41.1 Å². The Kier molecular flexibility index (Phi) is 4.55. The summed E-state index contributed by atoms with van der Waals surface area (Å²) in [6.07, 6.45) is 3.37. The van der Waals surface area contributed by atoms with E-state index in [-0.39, 0.29) is 28.9 Å². The summed E-state index contributed by atoms with van der Waals surface area (Å²) in [4.78, 5) is 12.9. The lowest BCUT2D eigenvalue weighted by molar-refractivity contribution is -0.166. The minimum atomic E-state index is -0.570. The van der Waals surface area contributed by atoms with Crippen LogP contribution in [-0.2, 0) is 24.4 Å². The van der Waals surface area contributed by atoms with Gasteiger partial charge in [-0.05, 0) is 63.6 Å². The number of fused-ring (bicyclic) bond motifs is 1. The summed E-state index contributed by atoms with van der Waals surface area (Å²) < 4.78 is 17.6. The maximum Gasteiger partial charge on any atom is 0.335 e. The van der Waals surface area contributed by atoms with E-state index in [0.717, 1.165) is 42.8 Å². The molecule has 30 heavy (non-hydrogen) atoms. The summed E-state index contributed by atoms with van der Waals surface area (Å²) in [6.45, 7) is 7.65. The predicted molar refractivity (Wildman–Crippen MR) is 114 cm³/mol. The first-order valence-electron chi connectivity index (χ1n) is 11.1. The highest BCUT2D eigenvalue weighted by Gasteiger charge is 2.60. The van der Waals surface area contributed by atoms with Crippen LogP contribution < -0.4 is 10.6 Å². The number of para-hydroxylation sites is 1. The van der Waals surface area contributed by atoms with E-state index in [0.29, 0.717) is 13.0 Å². The number of nitrogens with one attached hydrogen (secondary N) is 2. The molecule has 162 valence electrons. The zero-order valence-electron chi connectivity index (χ0n) is 18.3. The molecular formula is C24H32N2O4. The van der Waals surface area contributed by atoms with Gasteiger partial charge in [0.2, 0.25) is 0 Å². The molecule has 4 atom stereocenters. The van der Waals surface area contributed by atoms with Crippen LogP contribution in [0, 0.1) is 5.92 Å². The van der Waals surface area contributed by atoms with Crippen LogP contribution in [0.15, 0.2) is 35.5 Å². The van der Waals surface area contributed by atoms with E-state index < -0.39 is 5.79 Å². The summed E-state index contributed by atoms with van der Waals surface area (Å²) in [5, 5.41) is 7.40. The number of hydrogen-bond donors (Lipinski definition) is 2. The van der Waals surface area contributed by atoms with Gasteiger partial charge in [-0.1, -0.05) is 25.1 Å². The van der Waals surface area contributed by atoms with Crippen molar-refractivity contribution < 1.29 is 19.0 Å². The Hall–Kier alpha value is -1.89. The van der Waals surface area contributed by atoms with Crippen molar-refractivity contribution in [3.63, 3.8) is 0 Å². The lowest BCUT2D eigenvalue weighted by atomic mass is 9.61. The van der Waals surface area contributed by atoms with Crippen molar-refractivity contribution in [2.75, 3.05) is 25.6 Å². The minimum Gasteiger partial charge on any atom is -0.466 e. The molecule has 0 aromatic heterocycles. The van der Waals surface area contributed by atoms with E-state index in [9.17, 15) is 4.79 Å². The van der Waals surface area contributed by atoms with Gasteiger partial charge in [-0.25, -0.2) is 4.79 Å². The first-order chi connectivity index (χ1) is 14.3. The fourth-order valence-electron chi connectivity index (χ4n) is 6.38. The summed E-state index contributed by atoms with van der Waals surface area (Å²) in [6, 6.07) is 8.70. The van der Waals surface area contributed by atoms with Crippen LogP contribution in [-0.4, -0.2) is 43.7 Å². The van der Waals surface area contributed by atoms with Crippen molar-refractivity contribution >= 4 is 11.7 Å². The molecule has 2 N–H and O–H groups in total. The van der Waals surface area contributed by atoms with Crippen molar-refractivity contribution in [3.8, 4) is 0 Å². The zero-order valence-corrected chi connectivity index (χ0v) is 18.3. The number of ether oxygens (including phenoxy) is 3. The Bertz CT molecular complexity index is 910. The number of hydrogen-bond acceptors (Lipinski definition) is 6. The van der Waals surface area contributed by atoms with Gasteiger partial charge in [-0.15, -0.1) is 0 Å². The molecule has 6 nitrogen and oxygen atoms in total. The second-order valence-corrected chi connectivity index (χ2v) is 9.66. The van der Waals surface area contributed by atoms with Gasteiger partial charge in [0.1, 0.15) is 0 Å². The number of benzene rings is 1. The lowest BCUT2D eigenvalue weighted by Crippen LogP contribution is -2.52. The van der Waals surface area contributed by atoms with Crippen LogP contribution in [0.4, 0.5) is 5.69 Å². The second kappa shape index (κ2) is 6.81. The summed E-state index contributed by atoms with van der Waals surface area (Å²) in [5.41, 5.74) is 3.67.